The predicted octanol–water partition coefficient (Wildman–Crippen LogP) is 3.86. The second-order valence-electron chi connectivity index (χ2n) is 6.79. The Bertz CT molecular complexity index is 1070. The van der Waals surface area contributed by atoms with Crippen LogP contribution in [0.1, 0.15) is 27.5 Å². The third kappa shape index (κ3) is 3.68. The standard InChI is InChI=1S/C24H22N2O2/c1-28-19-13-11-17(12-14-19)15-26-23(18-7-3-2-4-8-18)24(27)21-16-25-22-10-6-5-9-20(21)22/h2-14,16,23,25-26H,15H2,1H3/p+1/t23-/m1/s1. The summed E-state index contributed by atoms with van der Waals surface area (Å²) in [4.78, 5) is 16.7. The molecule has 4 nitrogen and oxygen atoms in total. The van der Waals surface area contributed by atoms with E-state index in [0.29, 0.717) is 6.54 Å². The van der Waals surface area contributed by atoms with Gasteiger partial charge in [0.2, 0.25) is 5.78 Å². The summed E-state index contributed by atoms with van der Waals surface area (Å²) in [5.41, 5.74) is 3.86. The number of ketones is 1. The quantitative estimate of drug-likeness (QED) is 0.485. The highest BCUT2D eigenvalue weighted by Crippen LogP contribution is 2.23. The van der Waals surface area contributed by atoms with E-state index in [4.69, 9.17) is 4.74 Å². The van der Waals surface area contributed by atoms with Gasteiger partial charge in [0.25, 0.3) is 0 Å². The number of methoxy groups -OCH3 is 1. The molecule has 0 fully saturated rings. The van der Waals surface area contributed by atoms with Crippen molar-refractivity contribution < 1.29 is 14.8 Å². The number of carbonyl (C=O) groups is 1. The van der Waals surface area contributed by atoms with Gasteiger partial charge in [0, 0.05) is 33.8 Å². The molecule has 4 rings (SSSR count). The van der Waals surface area contributed by atoms with Crippen LogP contribution in [-0.2, 0) is 6.54 Å². The molecule has 0 aliphatic heterocycles. The van der Waals surface area contributed by atoms with E-state index in [9.17, 15) is 4.79 Å². The van der Waals surface area contributed by atoms with Gasteiger partial charge >= 0.3 is 0 Å². The van der Waals surface area contributed by atoms with Crippen molar-refractivity contribution in [3.8, 4) is 5.75 Å². The molecule has 0 aliphatic rings. The molecule has 1 aromatic heterocycles. The van der Waals surface area contributed by atoms with Crippen molar-refractivity contribution in [2.24, 2.45) is 0 Å². The summed E-state index contributed by atoms with van der Waals surface area (Å²) in [6.07, 6.45) is 1.82. The predicted molar refractivity (Wildman–Crippen MR) is 110 cm³/mol. The third-order valence-corrected chi connectivity index (χ3v) is 5.04. The summed E-state index contributed by atoms with van der Waals surface area (Å²) in [6, 6.07) is 25.5. The van der Waals surface area contributed by atoms with E-state index in [0.717, 1.165) is 33.3 Å². The maximum atomic E-state index is 13.5. The van der Waals surface area contributed by atoms with E-state index in [-0.39, 0.29) is 11.8 Å². The molecule has 0 amide bonds. The van der Waals surface area contributed by atoms with E-state index in [1.165, 1.54) is 0 Å². The normalized spacial score (nSPS) is 12.0. The lowest BCUT2D eigenvalue weighted by atomic mass is 9.96. The fourth-order valence-electron chi connectivity index (χ4n) is 3.51. The molecule has 0 unspecified atom stereocenters. The number of aromatic amines is 1. The molecule has 1 heterocycles. The zero-order chi connectivity index (χ0) is 19.3. The second kappa shape index (κ2) is 8.11. The third-order valence-electron chi connectivity index (χ3n) is 5.04. The Balaban J connectivity index is 1.62. The first-order valence-electron chi connectivity index (χ1n) is 9.38. The van der Waals surface area contributed by atoms with Gasteiger partial charge in [-0.3, -0.25) is 4.79 Å². The monoisotopic (exact) mass is 371 g/mol. The van der Waals surface area contributed by atoms with Gasteiger partial charge in [0.05, 0.1) is 7.11 Å². The molecule has 1 atom stereocenters. The summed E-state index contributed by atoms with van der Waals surface area (Å²) in [7, 11) is 1.66. The molecule has 0 radical (unpaired) electrons. The Morgan fingerprint density at radius 3 is 2.43 bits per heavy atom. The highest BCUT2D eigenvalue weighted by molar-refractivity contribution is 6.09. The number of H-pyrrole nitrogens is 1. The molecule has 3 aromatic carbocycles. The molecule has 0 bridgehead atoms. The molecule has 4 aromatic rings. The molecular weight excluding hydrogens is 348 g/mol. The van der Waals surface area contributed by atoms with Crippen molar-refractivity contribution in [3.05, 3.63) is 102 Å². The minimum atomic E-state index is -0.303. The topological polar surface area (TPSA) is 58.7 Å². The molecule has 4 heteroatoms. The number of quaternary nitrogens is 1. The van der Waals surface area contributed by atoms with E-state index in [1.807, 2.05) is 85.1 Å². The minimum absolute atomic E-state index is 0.108. The van der Waals surface area contributed by atoms with Crippen LogP contribution in [0.5, 0.6) is 5.75 Å². The minimum Gasteiger partial charge on any atom is -0.497 e. The summed E-state index contributed by atoms with van der Waals surface area (Å²) >= 11 is 0. The molecule has 0 saturated heterocycles. The number of para-hydroxylation sites is 1. The number of Topliss-reactive ketones (excluding diaryl/α,β-unsaturated/α-hetero) is 1. The average Bonchev–Trinajstić information content (AvgIpc) is 3.19. The Hall–Kier alpha value is -3.37. The largest absolute Gasteiger partial charge is 0.497 e. The lowest BCUT2D eigenvalue weighted by Gasteiger charge is -2.15. The Morgan fingerprint density at radius 1 is 0.964 bits per heavy atom. The van der Waals surface area contributed by atoms with Gasteiger partial charge in [-0.2, -0.15) is 0 Å². The number of aromatic nitrogens is 1. The summed E-state index contributed by atoms with van der Waals surface area (Å²) in [5, 5.41) is 3.06. The summed E-state index contributed by atoms with van der Waals surface area (Å²) in [6.45, 7) is 0.706. The van der Waals surface area contributed by atoms with Crippen LogP contribution in [0.3, 0.4) is 0 Å². The van der Waals surface area contributed by atoms with Crippen molar-refractivity contribution in [2.45, 2.75) is 12.6 Å². The van der Waals surface area contributed by atoms with Crippen LogP contribution < -0.4 is 10.1 Å². The number of nitrogens with one attached hydrogen (secondary N) is 1. The molecule has 0 aliphatic carbocycles. The molecule has 28 heavy (non-hydrogen) atoms. The number of nitrogens with two attached hydrogens (primary N) is 1. The van der Waals surface area contributed by atoms with E-state index in [1.54, 1.807) is 7.11 Å². The first kappa shape index (κ1) is 18.0. The zero-order valence-electron chi connectivity index (χ0n) is 15.8. The average molecular weight is 371 g/mol. The summed E-state index contributed by atoms with van der Waals surface area (Å²) < 4.78 is 5.22. The van der Waals surface area contributed by atoms with Crippen LogP contribution in [0.15, 0.2) is 85.1 Å². The lowest BCUT2D eigenvalue weighted by molar-refractivity contribution is -0.696. The van der Waals surface area contributed by atoms with Crippen LogP contribution in [-0.4, -0.2) is 17.9 Å². The van der Waals surface area contributed by atoms with Gasteiger partial charge in [-0.15, -0.1) is 0 Å². The zero-order valence-corrected chi connectivity index (χ0v) is 15.8. The van der Waals surface area contributed by atoms with Crippen LogP contribution in [0.2, 0.25) is 0 Å². The van der Waals surface area contributed by atoms with E-state index >= 15 is 0 Å². The Kier molecular flexibility index (Phi) is 5.22. The van der Waals surface area contributed by atoms with Crippen molar-refractivity contribution in [3.63, 3.8) is 0 Å². The van der Waals surface area contributed by atoms with Crippen LogP contribution in [0.4, 0.5) is 0 Å². The maximum absolute atomic E-state index is 13.5. The van der Waals surface area contributed by atoms with Crippen LogP contribution >= 0.6 is 0 Å². The number of carbonyl (C=O) groups excluding carboxylic acids is 1. The first-order valence-corrected chi connectivity index (χ1v) is 9.38. The van der Waals surface area contributed by atoms with Crippen molar-refractivity contribution in [1.29, 1.82) is 0 Å². The van der Waals surface area contributed by atoms with Crippen molar-refractivity contribution in [2.75, 3.05) is 7.11 Å². The van der Waals surface area contributed by atoms with Gasteiger partial charge < -0.3 is 15.0 Å². The number of ether oxygens (including phenoxy) is 1. The van der Waals surface area contributed by atoms with Gasteiger partial charge in [-0.05, 0) is 30.3 Å². The highest BCUT2D eigenvalue weighted by atomic mass is 16.5. The van der Waals surface area contributed by atoms with Gasteiger partial charge in [0.15, 0.2) is 6.04 Å². The lowest BCUT2D eigenvalue weighted by Crippen LogP contribution is -2.85. The SMILES string of the molecule is COc1ccc(C[NH2+][C@@H](C(=O)c2c[nH]c3ccccc23)c2ccccc2)cc1. The molecule has 140 valence electrons. The number of fused-ring (bicyclic) bond motifs is 1. The number of rotatable bonds is 7. The Labute approximate surface area is 164 Å². The first-order chi connectivity index (χ1) is 13.8. The van der Waals surface area contributed by atoms with Gasteiger partial charge in [-0.25, -0.2) is 0 Å². The van der Waals surface area contributed by atoms with Crippen molar-refractivity contribution >= 4 is 16.7 Å². The smallest absolute Gasteiger partial charge is 0.226 e. The van der Waals surface area contributed by atoms with E-state index < -0.39 is 0 Å². The van der Waals surface area contributed by atoms with E-state index in [2.05, 4.69) is 10.3 Å². The fourth-order valence-corrected chi connectivity index (χ4v) is 3.51. The van der Waals surface area contributed by atoms with Gasteiger partial charge in [-0.1, -0.05) is 48.5 Å². The Morgan fingerprint density at radius 2 is 1.68 bits per heavy atom. The van der Waals surface area contributed by atoms with Gasteiger partial charge in [0.1, 0.15) is 12.3 Å². The number of benzene rings is 3. The molecule has 0 spiro atoms. The molecular formula is C24H23N2O2+. The summed E-state index contributed by atoms with van der Waals surface area (Å²) in [5.74, 6) is 0.940. The number of hydrogen-bond acceptors (Lipinski definition) is 2. The van der Waals surface area contributed by atoms with Crippen LogP contribution in [0.25, 0.3) is 10.9 Å². The number of hydrogen-bond donors (Lipinski definition) is 2. The maximum Gasteiger partial charge on any atom is 0.226 e. The molecule has 3 N–H and O–H groups in total. The van der Waals surface area contributed by atoms with Crippen molar-refractivity contribution in [1.82, 2.24) is 4.98 Å². The van der Waals surface area contributed by atoms with Crippen LogP contribution in [0, 0.1) is 0 Å². The highest BCUT2D eigenvalue weighted by Gasteiger charge is 2.27. The fraction of sp³-hybridized carbons (Fsp3) is 0.125. The second-order valence-corrected chi connectivity index (χ2v) is 6.79. The molecule has 0 saturated carbocycles.